The number of nitrogens with zero attached hydrogens (tertiary/aromatic N) is 4. The van der Waals surface area contributed by atoms with E-state index in [0.29, 0.717) is 0 Å². The molecule has 0 N–H and O–H groups in total. The van der Waals surface area contributed by atoms with Crippen LogP contribution in [0.15, 0.2) is 235 Å². The fraction of sp³-hybridized carbons (Fsp3) is 0.233. The monoisotopic (exact) mass is 1220 g/mol. The van der Waals surface area contributed by atoms with Gasteiger partial charge in [0.2, 0.25) is 0 Å². The molecular formula is C86H75BN4OS. The Morgan fingerprint density at radius 1 is 0.398 bits per heavy atom. The molecule has 11 aromatic carbocycles. The quantitative estimate of drug-likeness (QED) is 0.155. The van der Waals surface area contributed by atoms with Gasteiger partial charge in [-0.3, -0.25) is 0 Å². The van der Waals surface area contributed by atoms with Crippen molar-refractivity contribution < 1.29 is 4.42 Å². The lowest BCUT2D eigenvalue weighted by Gasteiger charge is -2.51. The molecule has 2 aliphatic carbocycles. The third-order valence-electron chi connectivity index (χ3n) is 24.1. The first-order valence-electron chi connectivity index (χ1n) is 34.1. The topological polar surface area (TPSA) is 26.1 Å². The van der Waals surface area contributed by atoms with Crippen molar-refractivity contribution >= 4 is 133 Å². The second-order valence-corrected chi connectivity index (χ2v) is 30.8. The second kappa shape index (κ2) is 19.6. The minimum Gasteiger partial charge on any atom is -0.454 e. The molecule has 93 heavy (non-hydrogen) atoms. The third kappa shape index (κ3) is 7.57. The maximum absolute atomic E-state index is 7.31. The Morgan fingerprint density at radius 3 is 1.63 bits per heavy atom. The van der Waals surface area contributed by atoms with E-state index in [0.717, 1.165) is 53.3 Å². The highest BCUT2D eigenvalue weighted by atomic mass is 32.1. The van der Waals surface area contributed by atoms with Gasteiger partial charge in [0.05, 0.1) is 22.5 Å². The number of para-hydroxylation sites is 2. The van der Waals surface area contributed by atoms with Crippen LogP contribution < -0.4 is 36.0 Å². The van der Waals surface area contributed by atoms with E-state index < -0.39 is 0 Å². The molecule has 0 spiro atoms. The number of hydrogen-bond acceptors (Lipinski definition) is 6. The van der Waals surface area contributed by atoms with Crippen molar-refractivity contribution in [1.29, 1.82) is 0 Å². The molecular weight excluding hydrogens is 1150 g/mol. The Morgan fingerprint density at radius 2 is 0.925 bits per heavy atom. The molecule has 13 aromatic rings. The minimum absolute atomic E-state index is 0.0198. The highest BCUT2D eigenvalue weighted by Gasteiger charge is 2.60. The number of fused-ring (bicyclic) bond motifs is 16. The number of anilines is 10. The summed E-state index contributed by atoms with van der Waals surface area (Å²) in [7, 11) is 0. The molecule has 4 aliphatic heterocycles. The van der Waals surface area contributed by atoms with Crippen molar-refractivity contribution in [2.75, 3.05) is 19.6 Å². The predicted molar refractivity (Wildman–Crippen MR) is 396 cm³/mol. The molecule has 2 aromatic heterocycles. The Labute approximate surface area is 550 Å². The van der Waals surface area contributed by atoms with E-state index in [2.05, 4.69) is 299 Å². The third-order valence-corrected chi connectivity index (χ3v) is 25.2. The molecule has 454 valence electrons. The van der Waals surface area contributed by atoms with Gasteiger partial charge in [-0.2, -0.15) is 0 Å². The van der Waals surface area contributed by atoms with Crippen LogP contribution in [0.3, 0.4) is 0 Å². The van der Waals surface area contributed by atoms with Crippen molar-refractivity contribution in [3.05, 3.63) is 247 Å². The second-order valence-electron chi connectivity index (χ2n) is 29.8. The van der Waals surface area contributed by atoms with Crippen molar-refractivity contribution in [2.45, 2.75) is 127 Å². The SMILES string of the molecule is CC(C)(C)c1ccc2c(c1)C1(C)CCCCC1(C)N2c1ccc2c(c1)N(c1cccc3c1oc1ccccc13)c1cc(N3c4ccc(-c5ccccc5)cc4C4(C)CCCCC34C)cc3c1B2c1ccc(-c2ccccc2)cc1N3c1cccc2sc3ccccc3c12. The van der Waals surface area contributed by atoms with E-state index in [9.17, 15) is 0 Å². The standard InChI is InChI=1S/C86H75BN4OS/c1-82(2,3)58-38-43-69-65(50-58)84(5)45-19-20-46-85(84,6)90(69)59-39-41-67-73(51-59)89(71-32-22-30-62-61-28-14-16-33-76(61)92-81(62)71)75-53-60(91-68-42-37-56(54-24-10-8-11-25-54)48-64(68)83(4)44-18-21-47-86(83,91)7)52-74-80(75)87(67)66-40-36-57(55-26-12-9-13-27-55)49-72(66)88(74)70-31-23-35-78-79(70)63-29-15-17-34-77(63)93-78/h8-17,22-43,48-53H,18-21,44-47H2,1-7H3. The van der Waals surface area contributed by atoms with Crippen LogP contribution in [0.1, 0.15) is 117 Å². The Hall–Kier alpha value is -9.30. The fourth-order valence-electron chi connectivity index (χ4n) is 19.0. The number of furan rings is 1. The number of benzene rings is 11. The maximum Gasteiger partial charge on any atom is 0.252 e. The van der Waals surface area contributed by atoms with E-state index in [1.807, 2.05) is 11.3 Å². The van der Waals surface area contributed by atoms with Crippen LogP contribution in [-0.2, 0) is 16.2 Å². The summed E-state index contributed by atoms with van der Waals surface area (Å²) < 4.78 is 9.89. The summed E-state index contributed by atoms with van der Waals surface area (Å²) in [5.74, 6) is 0. The van der Waals surface area contributed by atoms with E-state index >= 15 is 0 Å². The van der Waals surface area contributed by atoms with E-state index in [4.69, 9.17) is 4.42 Å². The van der Waals surface area contributed by atoms with Gasteiger partial charge in [0.25, 0.3) is 6.71 Å². The molecule has 0 amide bonds. The van der Waals surface area contributed by atoms with Gasteiger partial charge in [0.15, 0.2) is 5.58 Å². The van der Waals surface area contributed by atoms with Gasteiger partial charge in [-0.25, -0.2) is 0 Å². The summed E-state index contributed by atoms with van der Waals surface area (Å²) in [5.41, 5.74) is 26.4. The van der Waals surface area contributed by atoms with Crippen LogP contribution in [0.5, 0.6) is 0 Å². The first-order chi connectivity index (χ1) is 45.2. The van der Waals surface area contributed by atoms with Crippen LogP contribution in [-0.4, -0.2) is 17.8 Å². The van der Waals surface area contributed by atoms with E-state index in [1.165, 1.54) is 152 Å². The summed E-state index contributed by atoms with van der Waals surface area (Å²) in [5, 5.41) is 4.81. The van der Waals surface area contributed by atoms with Gasteiger partial charge in [0, 0.05) is 87.3 Å². The molecule has 2 fully saturated rings. The maximum atomic E-state index is 7.31. The van der Waals surface area contributed by atoms with Crippen molar-refractivity contribution in [3.8, 4) is 22.3 Å². The van der Waals surface area contributed by atoms with Gasteiger partial charge in [0.1, 0.15) is 5.58 Å². The molecule has 6 heterocycles. The first kappa shape index (κ1) is 55.4. The summed E-state index contributed by atoms with van der Waals surface area (Å²) >= 11 is 1.90. The lowest BCUT2D eigenvalue weighted by molar-refractivity contribution is 0.195. The predicted octanol–water partition coefficient (Wildman–Crippen LogP) is 22.2. The van der Waals surface area contributed by atoms with Crippen LogP contribution >= 0.6 is 11.3 Å². The summed E-state index contributed by atoms with van der Waals surface area (Å²) in [6, 6.07) is 88.9. The summed E-state index contributed by atoms with van der Waals surface area (Å²) in [6.45, 7) is 17.3. The molecule has 7 heteroatoms. The van der Waals surface area contributed by atoms with Gasteiger partial charge in [-0.15, -0.1) is 11.3 Å². The average molecular weight is 1220 g/mol. The van der Waals surface area contributed by atoms with Crippen LogP contribution in [0.4, 0.5) is 56.9 Å². The first-order valence-corrected chi connectivity index (χ1v) is 34.9. The highest BCUT2D eigenvalue weighted by Crippen LogP contribution is 2.65. The molecule has 2 saturated carbocycles. The fourth-order valence-corrected chi connectivity index (χ4v) is 20.1. The van der Waals surface area contributed by atoms with Crippen LogP contribution in [0.2, 0.25) is 0 Å². The Balaban J connectivity index is 0.946. The number of hydrogen-bond donors (Lipinski definition) is 0. The average Bonchev–Trinajstić information content (AvgIpc) is 1.51. The molecule has 19 rings (SSSR count). The molecule has 0 bridgehead atoms. The normalized spacial score (nSPS) is 21.9. The lowest BCUT2D eigenvalue weighted by Crippen LogP contribution is -2.61. The van der Waals surface area contributed by atoms with E-state index in [1.54, 1.807) is 0 Å². The zero-order valence-corrected chi connectivity index (χ0v) is 55.1. The van der Waals surface area contributed by atoms with Crippen LogP contribution in [0.25, 0.3) is 64.4 Å². The van der Waals surface area contributed by atoms with Gasteiger partial charge < -0.3 is 24.0 Å². The van der Waals surface area contributed by atoms with Crippen LogP contribution in [0, 0.1) is 0 Å². The number of thiophene rings is 1. The molecule has 5 nitrogen and oxygen atoms in total. The lowest BCUT2D eigenvalue weighted by atomic mass is 9.33. The molecule has 0 radical (unpaired) electrons. The molecule has 4 atom stereocenters. The van der Waals surface area contributed by atoms with Gasteiger partial charge in [-0.05, 0) is 179 Å². The van der Waals surface area contributed by atoms with E-state index in [-0.39, 0.29) is 34.0 Å². The van der Waals surface area contributed by atoms with Crippen molar-refractivity contribution in [1.82, 2.24) is 0 Å². The molecule has 6 aliphatic rings. The van der Waals surface area contributed by atoms with Gasteiger partial charge in [-0.1, -0.05) is 212 Å². The zero-order chi connectivity index (χ0) is 62.5. The zero-order valence-electron chi connectivity index (χ0n) is 54.3. The smallest absolute Gasteiger partial charge is 0.252 e. The summed E-state index contributed by atoms with van der Waals surface area (Å²) in [4.78, 5) is 11.0. The summed E-state index contributed by atoms with van der Waals surface area (Å²) in [6.07, 6.45) is 9.26. The minimum atomic E-state index is -0.258. The highest BCUT2D eigenvalue weighted by molar-refractivity contribution is 7.26. The molecule has 0 saturated heterocycles. The molecule has 4 unspecified atom stereocenters. The van der Waals surface area contributed by atoms with Crippen molar-refractivity contribution in [3.63, 3.8) is 0 Å². The Kier molecular flexibility index (Phi) is 11.7. The van der Waals surface area contributed by atoms with Gasteiger partial charge >= 0.3 is 0 Å². The van der Waals surface area contributed by atoms with Crippen molar-refractivity contribution in [2.24, 2.45) is 0 Å². The largest absolute Gasteiger partial charge is 0.454 e. The number of rotatable bonds is 6. The Bertz CT molecular complexity index is 5290.